The molecule has 0 aliphatic rings. The van der Waals surface area contributed by atoms with Crippen molar-refractivity contribution in [2.75, 3.05) is 0 Å². The Labute approximate surface area is 127 Å². The highest BCUT2D eigenvalue weighted by molar-refractivity contribution is 5.32. The predicted molar refractivity (Wildman–Crippen MR) is 91.5 cm³/mol. The van der Waals surface area contributed by atoms with Crippen LogP contribution in [0.2, 0.25) is 0 Å². The lowest BCUT2D eigenvalue weighted by Crippen LogP contribution is -2.07. The highest BCUT2D eigenvalue weighted by Crippen LogP contribution is 2.29. The Balaban J connectivity index is 2.47. The second kappa shape index (κ2) is 9.21. The first-order valence-electron chi connectivity index (χ1n) is 8.69. The molecule has 0 spiro atoms. The second-order valence-electron chi connectivity index (χ2n) is 6.51. The third-order valence-corrected chi connectivity index (χ3v) is 4.89. The van der Waals surface area contributed by atoms with Crippen LogP contribution in [0.3, 0.4) is 0 Å². The molecule has 0 N–H and O–H groups in total. The molecule has 20 heavy (non-hydrogen) atoms. The Bertz CT molecular complexity index is 378. The van der Waals surface area contributed by atoms with Crippen molar-refractivity contribution in [3.63, 3.8) is 0 Å². The molecule has 0 bridgehead atoms. The smallest absolute Gasteiger partial charge is 0.0165 e. The van der Waals surface area contributed by atoms with Gasteiger partial charge in [-0.05, 0) is 41.9 Å². The van der Waals surface area contributed by atoms with Gasteiger partial charge in [-0.1, -0.05) is 84.4 Å². The summed E-state index contributed by atoms with van der Waals surface area (Å²) in [6.45, 7) is 11.6. The number of hydrogen-bond acceptors (Lipinski definition) is 0. The van der Waals surface area contributed by atoms with Gasteiger partial charge in [-0.2, -0.15) is 0 Å². The molecule has 114 valence electrons. The van der Waals surface area contributed by atoms with Crippen molar-refractivity contribution in [1.29, 1.82) is 0 Å². The van der Waals surface area contributed by atoms with Crippen LogP contribution in [-0.2, 0) is 6.42 Å². The van der Waals surface area contributed by atoms with Crippen LogP contribution in [-0.4, -0.2) is 0 Å². The van der Waals surface area contributed by atoms with Crippen LogP contribution in [0.1, 0.15) is 88.8 Å². The molecular weight excluding hydrogens is 240 g/mol. The molecule has 1 rings (SSSR count). The van der Waals surface area contributed by atoms with E-state index in [1.165, 1.54) is 55.2 Å². The van der Waals surface area contributed by atoms with E-state index in [1.54, 1.807) is 0 Å². The van der Waals surface area contributed by atoms with Crippen molar-refractivity contribution in [1.82, 2.24) is 0 Å². The minimum Gasteiger partial charge on any atom is -0.0654 e. The van der Waals surface area contributed by atoms with Crippen molar-refractivity contribution in [2.24, 2.45) is 5.92 Å². The summed E-state index contributed by atoms with van der Waals surface area (Å²) in [5.41, 5.74) is 4.49. The van der Waals surface area contributed by atoms with Gasteiger partial charge in [0.1, 0.15) is 0 Å². The zero-order valence-corrected chi connectivity index (χ0v) is 14.3. The van der Waals surface area contributed by atoms with Gasteiger partial charge in [0.15, 0.2) is 0 Å². The van der Waals surface area contributed by atoms with Gasteiger partial charge in [0.2, 0.25) is 0 Å². The van der Waals surface area contributed by atoms with Crippen LogP contribution in [0.5, 0.6) is 0 Å². The zero-order valence-electron chi connectivity index (χ0n) is 14.3. The summed E-state index contributed by atoms with van der Waals surface area (Å²) < 4.78 is 0. The van der Waals surface area contributed by atoms with Crippen molar-refractivity contribution >= 4 is 0 Å². The average Bonchev–Trinajstić information content (AvgIpc) is 2.46. The molecule has 2 atom stereocenters. The minimum absolute atomic E-state index is 0.686. The van der Waals surface area contributed by atoms with Gasteiger partial charge in [-0.3, -0.25) is 0 Å². The van der Waals surface area contributed by atoms with E-state index in [9.17, 15) is 0 Å². The maximum Gasteiger partial charge on any atom is -0.0165 e. The van der Waals surface area contributed by atoms with Crippen LogP contribution in [0.4, 0.5) is 0 Å². The average molecular weight is 274 g/mol. The molecule has 0 heterocycles. The Hall–Kier alpha value is -0.780. The topological polar surface area (TPSA) is 0 Å². The summed E-state index contributed by atoms with van der Waals surface area (Å²) in [5.74, 6) is 1.48. The monoisotopic (exact) mass is 274 g/mol. The molecular formula is C20H34. The summed E-state index contributed by atoms with van der Waals surface area (Å²) in [4.78, 5) is 0. The van der Waals surface area contributed by atoms with Crippen molar-refractivity contribution in [3.05, 3.63) is 34.9 Å². The minimum atomic E-state index is 0.686. The fourth-order valence-electron chi connectivity index (χ4n) is 3.05. The lowest BCUT2D eigenvalue weighted by Gasteiger charge is -2.21. The van der Waals surface area contributed by atoms with E-state index in [0.717, 1.165) is 12.3 Å². The highest BCUT2D eigenvalue weighted by atomic mass is 14.2. The van der Waals surface area contributed by atoms with Crippen LogP contribution >= 0.6 is 0 Å². The molecule has 0 amide bonds. The first-order chi connectivity index (χ1) is 9.60. The molecule has 0 aliphatic carbocycles. The van der Waals surface area contributed by atoms with E-state index >= 15 is 0 Å². The quantitative estimate of drug-likeness (QED) is 0.442. The van der Waals surface area contributed by atoms with Gasteiger partial charge in [0, 0.05) is 0 Å². The van der Waals surface area contributed by atoms with Crippen LogP contribution in [0, 0.1) is 12.8 Å². The zero-order chi connectivity index (χ0) is 15.0. The number of benzene rings is 1. The lowest BCUT2D eigenvalue weighted by molar-refractivity contribution is 0.426. The maximum atomic E-state index is 2.42. The maximum absolute atomic E-state index is 2.42. The molecule has 0 radical (unpaired) electrons. The fraction of sp³-hybridized carbons (Fsp3) is 0.700. The molecule has 0 saturated heterocycles. The fourth-order valence-corrected chi connectivity index (χ4v) is 3.05. The van der Waals surface area contributed by atoms with E-state index in [1.807, 2.05) is 0 Å². The summed E-state index contributed by atoms with van der Waals surface area (Å²) >= 11 is 0. The number of hydrogen-bond donors (Lipinski definition) is 0. The Morgan fingerprint density at radius 3 is 2.25 bits per heavy atom. The SMILES string of the molecule is CCCCCCC[C@@H](C)[C@H](C)c1ccc(CC)c(C)c1. The third kappa shape index (κ3) is 5.31. The predicted octanol–water partition coefficient (Wildman–Crippen LogP) is 6.66. The summed E-state index contributed by atoms with van der Waals surface area (Å²) in [7, 11) is 0. The molecule has 0 aromatic heterocycles. The van der Waals surface area contributed by atoms with Gasteiger partial charge < -0.3 is 0 Å². The van der Waals surface area contributed by atoms with Crippen LogP contribution < -0.4 is 0 Å². The summed E-state index contributed by atoms with van der Waals surface area (Å²) in [6, 6.07) is 7.09. The van der Waals surface area contributed by atoms with Crippen LogP contribution in [0.15, 0.2) is 18.2 Å². The lowest BCUT2D eigenvalue weighted by atomic mass is 9.84. The van der Waals surface area contributed by atoms with E-state index < -0.39 is 0 Å². The molecule has 0 fully saturated rings. The van der Waals surface area contributed by atoms with E-state index in [0.29, 0.717) is 5.92 Å². The first-order valence-corrected chi connectivity index (χ1v) is 8.69. The van der Waals surface area contributed by atoms with Crippen molar-refractivity contribution < 1.29 is 0 Å². The van der Waals surface area contributed by atoms with Gasteiger partial charge >= 0.3 is 0 Å². The molecule has 0 nitrogen and oxygen atoms in total. The van der Waals surface area contributed by atoms with Gasteiger partial charge in [-0.15, -0.1) is 0 Å². The normalized spacial score (nSPS) is 14.2. The second-order valence-corrected chi connectivity index (χ2v) is 6.51. The standard InChI is InChI=1S/C20H34/c1-6-8-9-10-11-12-16(3)18(5)20-14-13-19(7-2)17(4)15-20/h13-16,18H,6-12H2,1-5H3/t16-,18+/m1/s1. The number of unbranched alkanes of at least 4 members (excludes halogenated alkanes) is 4. The third-order valence-electron chi connectivity index (χ3n) is 4.89. The Kier molecular flexibility index (Phi) is 7.95. The Morgan fingerprint density at radius 2 is 1.65 bits per heavy atom. The molecule has 0 unspecified atom stereocenters. The molecule has 0 saturated carbocycles. The van der Waals surface area contributed by atoms with Crippen molar-refractivity contribution in [2.45, 2.75) is 85.5 Å². The molecule has 0 aliphatic heterocycles. The van der Waals surface area contributed by atoms with Gasteiger partial charge in [0.05, 0.1) is 0 Å². The van der Waals surface area contributed by atoms with Crippen LogP contribution in [0.25, 0.3) is 0 Å². The van der Waals surface area contributed by atoms with E-state index in [4.69, 9.17) is 0 Å². The molecule has 1 aromatic carbocycles. The molecule has 0 heteroatoms. The number of rotatable bonds is 9. The van der Waals surface area contributed by atoms with Gasteiger partial charge in [-0.25, -0.2) is 0 Å². The summed E-state index contributed by atoms with van der Waals surface area (Å²) in [5, 5.41) is 0. The summed E-state index contributed by atoms with van der Waals surface area (Å²) in [6.07, 6.45) is 9.50. The largest absolute Gasteiger partial charge is 0.0654 e. The highest BCUT2D eigenvalue weighted by Gasteiger charge is 2.14. The molecule has 1 aromatic rings. The van der Waals surface area contributed by atoms with E-state index in [2.05, 4.69) is 52.8 Å². The van der Waals surface area contributed by atoms with Gasteiger partial charge in [0.25, 0.3) is 0 Å². The first kappa shape index (κ1) is 17.3. The Morgan fingerprint density at radius 1 is 0.950 bits per heavy atom. The van der Waals surface area contributed by atoms with Crippen molar-refractivity contribution in [3.8, 4) is 0 Å². The van der Waals surface area contributed by atoms with E-state index in [-0.39, 0.29) is 0 Å². The number of aryl methyl sites for hydroxylation is 2.